The van der Waals surface area contributed by atoms with Crippen LogP contribution in [0.3, 0.4) is 0 Å². The number of nitrogens with one attached hydrogen (secondary N) is 5. The van der Waals surface area contributed by atoms with Gasteiger partial charge in [0.05, 0.1) is 49.5 Å². The number of hydrogen-bond acceptors (Lipinski definition) is 14. The van der Waals surface area contributed by atoms with Gasteiger partial charge >= 0.3 is 31.0 Å². The van der Waals surface area contributed by atoms with E-state index in [2.05, 4.69) is 55.6 Å². The van der Waals surface area contributed by atoms with E-state index in [1.165, 1.54) is 9.80 Å². The van der Waals surface area contributed by atoms with Gasteiger partial charge in [-0.25, -0.2) is 9.59 Å². The van der Waals surface area contributed by atoms with Crippen LogP contribution >= 0.6 is 0 Å². The minimum atomic E-state index is -1.50. The van der Waals surface area contributed by atoms with E-state index < -0.39 is 131 Å². The zero-order valence-corrected chi connectivity index (χ0v) is 52.9. The van der Waals surface area contributed by atoms with E-state index in [1.807, 2.05) is 48.5 Å². The molecule has 0 unspecified atom stereocenters. The molecule has 470 valence electrons. The summed E-state index contributed by atoms with van der Waals surface area (Å²) < 4.78 is 22.9. The van der Waals surface area contributed by atoms with Gasteiger partial charge < -0.3 is 75.7 Å². The fourth-order valence-electron chi connectivity index (χ4n) is 11.0. The largest absolute Gasteiger partial charge is 1.00 e. The molecule has 10 atom stereocenters. The number of rotatable bonds is 18. The molecule has 23 heteroatoms. The van der Waals surface area contributed by atoms with Crippen LogP contribution in [0.1, 0.15) is 156 Å². The number of ether oxygens (including phenoxy) is 4. The Labute approximate surface area is 524 Å². The first kappa shape index (κ1) is 71.1. The molecule has 22 nitrogen and oxygen atoms in total. The van der Waals surface area contributed by atoms with Crippen molar-refractivity contribution in [1.29, 1.82) is 0 Å². The van der Waals surface area contributed by atoms with Crippen molar-refractivity contribution in [1.82, 2.24) is 36.4 Å². The quantitative estimate of drug-likeness (QED) is 0.0830. The summed E-state index contributed by atoms with van der Waals surface area (Å²) in [6, 6.07) is 7.72. The van der Waals surface area contributed by atoms with Gasteiger partial charge in [0, 0.05) is 25.9 Å². The van der Waals surface area contributed by atoms with E-state index in [1.54, 1.807) is 83.1 Å². The number of hydrogen-bond donors (Lipinski definition) is 7. The summed E-state index contributed by atoms with van der Waals surface area (Å²) in [5.74, 6) is 7.49. The SMILES string of the molecule is CC(C)(C)OC(=O)N[C@@H](CO)C(=O)[N-][C@H](C(=O)N1C[C@@H](OCC#CC#CCO[C@H]2C[C@@H](C(=O)N[C@@H]3CCCc4ccccc43)N(C(=O)[C@@H](NC(=O)[C@H](CO)NC(=O)OC(C)(C)C)C(C)(C)C)C2)C[C@H]1C(=O)N[C@@H]1CCCc2ccccc21)C(C)(C)C.[Li+]. The average molecular weight is 1200 g/mol. The summed E-state index contributed by atoms with van der Waals surface area (Å²) in [5, 5.41) is 38.3. The Morgan fingerprint density at radius 3 is 1.44 bits per heavy atom. The topological polar surface area (TPSA) is 295 Å². The molecular formula is C64H89LiN8O14. The zero-order chi connectivity index (χ0) is 63.3. The van der Waals surface area contributed by atoms with E-state index in [9.17, 15) is 48.6 Å². The van der Waals surface area contributed by atoms with E-state index in [0.29, 0.717) is 12.8 Å². The number of aliphatic hydroxyl groups is 2. The number of amides is 8. The number of fused-ring (bicyclic) bond motifs is 2. The van der Waals surface area contributed by atoms with Crippen molar-refractivity contribution < 1.29 is 86.4 Å². The summed E-state index contributed by atoms with van der Waals surface area (Å²) in [7, 11) is 0. The Kier molecular flexibility index (Phi) is 25.3. The van der Waals surface area contributed by atoms with Crippen LogP contribution in [0.15, 0.2) is 48.5 Å². The van der Waals surface area contributed by atoms with E-state index in [0.717, 1.165) is 47.9 Å². The predicted molar refractivity (Wildman–Crippen MR) is 319 cm³/mol. The molecular weight excluding hydrogens is 1110 g/mol. The Balaban J connectivity index is 0.0000138. The molecule has 0 saturated carbocycles. The molecule has 8 amide bonds. The maximum atomic E-state index is 14.8. The van der Waals surface area contributed by atoms with Crippen LogP contribution < -0.4 is 45.4 Å². The van der Waals surface area contributed by atoms with Gasteiger partial charge in [-0.05, 0) is 131 Å². The molecule has 0 radical (unpaired) electrons. The van der Waals surface area contributed by atoms with Gasteiger partial charge in [-0.15, -0.1) is 0 Å². The number of benzene rings is 2. The van der Waals surface area contributed by atoms with Crippen LogP contribution in [0.25, 0.3) is 5.32 Å². The molecule has 2 saturated heterocycles. The predicted octanol–water partition coefficient (Wildman–Crippen LogP) is 1.97. The number of carbonyl (C=O) groups is 8. The molecule has 7 N–H and O–H groups in total. The number of nitrogens with zero attached hydrogens (tertiary/aromatic N) is 3. The van der Waals surface area contributed by atoms with Gasteiger partial charge in [-0.1, -0.05) is 102 Å². The van der Waals surface area contributed by atoms with Crippen molar-refractivity contribution in [3.8, 4) is 23.7 Å². The van der Waals surface area contributed by atoms with Crippen LogP contribution in [0.4, 0.5) is 9.59 Å². The molecule has 0 aromatic heterocycles. The fraction of sp³-hybridized carbons (Fsp3) is 0.625. The number of carbonyl (C=O) groups excluding carboxylic acids is 8. The number of aliphatic hydroxyl groups excluding tert-OH is 2. The fourth-order valence-corrected chi connectivity index (χ4v) is 11.0. The van der Waals surface area contributed by atoms with E-state index in [-0.39, 0.29) is 70.1 Å². The number of aryl methyl sites for hydroxylation is 2. The van der Waals surface area contributed by atoms with Crippen LogP contribution in [0, 0.1) is 34.5 Å². The Hall–Kier alpha value is -6.64. The van der Waals surface area contributed by atoms with Crippen molar-refractivity contribution in [2.75, 3.05) is 39.5 Å². The summed E-state index contributed by atoms with van der Waals surface area (Å²) in [6.45, 7) is 18.4. The smallest absolute Gasteiger partial charge is 0.641 e. The van der Waals surface area contributed by atoms with Crippen LogP contribution in [0.2, 0.25) is 0 Å². The van der Waals surface area contributed by atoms with Crippen molar-refractivity contribution in [3.63, 3.8) is 0 Å². The third-order valence-electron chi connectivity index (χ3n) is 15.2. The van der Waals surface area contributed by atoms with Crippen molar-refractivity contribution in [2.45, 2.75) is 206 Å². The van der Waals surface area contributed by atoms with Gasteiger partial charge in [0.15, 0.2) is 0 Å². The second-order valence-corrected chi connectivity index (χ2v) is 26.6. The molecule has 2 heterocycles. The van der Waals surface area contributed by atoms with E-state index in [4.69, 9.17) is 18.9 Å². The second-order valence-electron chi connectivity index (χ2n) is 26.6. The third-order valence-corrected chi connectivity index (χ3v) is 15.2. The molecule has 2 aromatic rings. The summed E-state index contributed by atoms with van der Waals surface area (Å²) >= 11 is 0. The second kappa shape index (κ2) is 31.0. The molecule has 87 heavy (non-hydrogen) atoms. The number of alkyl carbamates (subject to hydrolysis) is 2. The normalized spacial score (nSPS) is 21.4. The van der Waals surface area contributed by atoms with Gasteiger partial charge in [0.2, 0.25) is 29.5 Å². The first-order chi connectivity index (χ1) is 40.4. The minimum Gasteiger partial charge on any atom is -0.641 e. The maximum Gasteiger partial charge on any atom is 1.00 e. The third kappa shape index (κ3) is 20.5. The Bertz CT molecular complexity index is 2710. The minimum absolute atomic E-state index is 0. The van der Waals surface area contributed by atoms with Crippen molar-refractivity contribution in [2.24, 2.45) is 10.8 Å². The van der Waals surface area contributed by atoms with Crippen molar-refractivity contribution in [3.05, 3.63) is 76.1 Å². The maximum absolute atomic E-state index is 14.8. The molecule has 2 aliphatic heterocycles. The average Bonchev–Trinajstić information content (AvgIpc) is 1.95. The summed E-state index contributed by atoms with van der Waals surface area (Å²) in [5.41, 5.74) is 0.633. The van der Waals surface area contributed by atoms with Crippen LogP contribution in [0.5, 0.6) is 0 Å². The standard InChI is InChI=1S/C64H90N8O14.Li/c1-61(2,3)51(69-53(75)47(37-73)67-59(81)85-63(7,8)9)57(79)71-35-41(33-49(71)55(77)65-45-29-21-25-39-23-15-17-27-43(39)45)83-31-19-13-14-20-32-84-42-34-50(56(78)66-46-30-22-26-40-24-16-18-28-44(40)46)72(36-42)58(80)52(62(4,5)6)70-54(76)48(38-74)68-60(82)86-64(10,11)12;/h15-18,23-24,27-28,41-42,45-52,73-74H,21-22,25-26,29-38H2,1-12H3,(H6,65,66,67,68,69,70,75,76,77,78,81,82);/q;+1/p-1/t41-,42-,45+,46+,47-,48-,49-,50-,51+,52+;/m0./s1. The van der Waals surface area contributed by atoms with Gasteiger partial charge in [-0.3, -0.25) is 24.0 Å². The molecule has 0 spiro atoms. The molecule has 4 aliphatic rings. The van der Waals surface area contributed by atoms with Crippen molar-refractivity contribution >= 4 is 47.6 Å². The van der Waals surface area contributed by atoms with Gasteiger partial charge in [0.1, 0.15) is 48.6 Å². The molecule has 2 aromatic carbocycles. The monoisotopic (exact) mass is 1200 g/mol. The van der Waals surface area contributed by atoms with Crippen LogP contribution in [-0.2, 0) is 60.6 Å². The molecule has 2 aliphatic carbocycles. The molecule has 0 bridgehead atoms. The first-order valence-electron chi connectivity index (χ1n) is 29.7. The van der Waals surface area contributed by atoms with Gasteiger partial charge in [-0.2, -0.15) is 0 Å². The summed E-state index contributed by atoms with van der Waals surface area (Å²) in [4.78, 5) is 114. The Morgan fingerprint density at radius 1 is 0.598 bits per heavy atom. The van der Waals surface area contributed by atoms with E-state index >= 15 is 0 Å². The van der Waals surface area contributed by atoms with Crippen LogP contribution in [-0.4, -0.2) is 167 Å². The first-order valence-corrected chi connectivity index (χ1v) is 29.7. The van der Waals surface area contributed by atoms with Gasteiger partial charge in [0.25, 0.3) is 0 Å². The zero-order valence-electron chi connectivity index (χ0n) is 52.9. The molecule has 6 rings (SSSR count). The Morgan fingerprint density at radius 2 is 1.02 bits per heavy atom. The number of likely N-dealkylation sites (tertiary alicyclic amines) is 2. The summed E-state index contributed by atoms with van der Waals surface area (Å²) in [6.07, 6.45) is 1.88. The molecule has 2 fully saturated rings.